The van der Waals surface area contributed by atoms with Crippen molar-refractivity contribution in [1.82, 2.24) is 15.2 Å². The van der Waals surface area contributed by atoms with E-state index in [0.717, 1.165) is 52.9 Å². The molecule has 208 valence electrons. The van der Waals surface area contributed by atoms with Gasteiger partial charge in [-0.25, -0.2) is 4.79 Å². The summed E-state index contributed by atoms with van der Waals surface area (Å²) < 4.78 is 7.45. The third-order valence-corrected chi connectivity index (χ3v) is 7.44. The molecule has 40 heavy (non-hydrogen) atoms. The number of carbonyl (C=O) groups is 2. The number of nitrogens with one attached hydrogen (secondary N) is 3. The summed E-state index contributed by atoms with van der Waals surface area (Å²) in [7, 11) is 0. The second-order valence-electron chi connectivity index (χ2n) is 11.6. The summed E-state index contributed by atoms with van der Waals surface area (Å²) in [5, 5.41) is 17.3. The molecule has 0 spiro atoms. The van der Waals surface area contributed by atoms with Crippen LogP contribution in [0.5, 0.6) is 0 Å². The molecule has 1 aliphatic rings. The summed E-state index contributed by atoms with van der Waals surface area (Å²) in [6, 6.07) is 20.1. The maximum absolute atomic E-state index is 13.6. The number of carbonyl (C=O) groups excluding carboxylic acids is 2. The smallest absolute Gasteiger partial charge is 0.407 e. The van der Waals surface area contributed by atoms with Crippen LogP contribution in [0.25, 0.3) is 21.7 Å². The van der Waals surface area contributed by atoms with Crippen molar-refractivity contribution in [1.29, 1.82) is 5.41 Å². The van der Waals surface area contributed by atoms with Gasteiger partial charge in [-0.1, -0.05) is 54.6 Å². The molecule has 4 aromatic rings. The Morgan fingerprint density at radius 1 is 0.950 bits per heavy atom. The maximum Gasteiger partial charge on any atom is 0.407 e. The minimum Gasteiger partial charge on any atom is -0.444 e. The van der Waals surface area contributed by atoms with Crippen molar-refractivity contribution in [2.45, 2.75) is 70.7 Å². The van der Waals surface area contributed by atoms with E-state index in [1.165, 1.54) is 0 Å². The van der Waals surface area contributed by atoms with Crippen LogP contribution in [0.4, 0.5) is 4.79 Å². The highest BCUT2D eigenvalue weighted by atomic mass is 16.6. The first-order chi connectivity index (χ1) is 19.1. The molecule has 3 aromatic carbocycles. The lowest BCUT2D eigenvalue weighted by molar-refractivity contribution is 0.0488. The molecule has 0 aliphatic heterocycles. The highest BCUT2D eigenvalue weighted by Gasteiger charge is 2.27. The zero-order valence-electron chi connectivity index (χ0n) is 23.3. The number of hydrogen-bond acceptors (Lipinski definition) is 4. The van der Waals surface area contributed by atoms with Crippen molar-refractivity contribution in [3.63, 3.8) is 0 Å². The Kier molecular flexibility index (Phi) is 7.52. The number of alkyl carbamates (subject to hydrolysis) is 1. The van der Waals surface area contributed by atoms with E-state index in [-0.39, 0.29) is 23.8 Å². The van der Waals surface area contributed by atoms with Crippen molar-refractivity contribution in [3.05, 3.63) is 83.6 Å². The third kappa shape index (κ3) is 6.11. The molecule has 8 nitrogen and oxygen atoms in total. The number of benzene rings is 3. The second kappa shape index (κ2) is 11.0. The lowest BCUT2D eigenvalue weighted by Crippen LogP contribution is -2.45. The Bertz CT molecular complexity index is 1570. The zero-order chi connectivity index (χ0) is 28.4. The largest absolute Gasteiger partial charge is 0.444 e. The van der Waals surface area contributed by atoms with E-state index in [2.05, 4.69) is 39.5 Å². The molecule has 0 radical (unpaired) electrons. The van der Waals surface area contributed by atoms with Gasteiger partial charge in [0.05, 0.1) is 5.56 Å². The van der Waals surface area contributed by atoms with Gasteiger partial charge in [0.2, 0.25) is 0 Å². The molecule has 1 heterocycles. The third-order valence-electron chi connectivity index (χ3n) is 7.44. The second-order valence-corrected chi connectivity index (χ2v) is 11.6. The summed E-state index contributed by atoms with van der Waals surface area (Å²) in [4.78, 5) is 25.7. The standard InChI is InChI=1S/C32H37N5O3/c1-32(2,3)40-31(39)36-24-14-12-23(13-15-24)35-30(38)27-19-37(28-17-21(29(33)34)11-16-26(27)28)18-22-9-6-8-20-7-4-5-10-25(20)22/h4-11,16-17,19,23-24H,12-15,18H2,1-3H3,(H3,33,34)(H,35,38)(H,36,39). The highest BCUT2D eigenvalue weighted by molar-refractivity contribution is 6.09. The molecule has 0 saturated heterocycles. The predicted molar refractivity (Wildman–Crippen MR) is 159 cm³/mol. The number of hydrogen-bond donors (Lipinski definition) is 4. The predicted octanol–water partition coefficient (Wildman–Crippen LogP) is 5.69. The van der Waals surface area contributed by atoms with Crippen molar-refractivity contribution in [2.75, 3.05) is 0 Å². The molecule has 1 fully saturated rings. The summed E-state index contributed by atoms with van der Waals surface area (Å²) >= 11 is 0. The van der Waals surface area contributed by atoms with Gasteiger partial charge in [0.1, 0.15) is 11.4 Å². The number of rotatable bonds is 6. The van der Waals surface area contributed by atoms with Gasteiger partial charge in [-0.3, -0.25) is 10.2 Å². The van der Waals surface area contributed by atoms with Gasteiger partial charge < -0.3 is 25.7 Å². The van der Waals surface area contributed by atoms with Crippen LogP contribution in [-0.2, 0) is 11.3 Å². The summed E-state index contributed by atoms with van der Waals surface area (Å²) in [6.45, 7) is 6.12. The molecule has 1 aromatic heterocycles. The van der Waals surface area contributed by atoms with E-state index >= 15 is 0 Å². The molecular formula is C32H37N5O3. The van der Waals surface area contributed by atoms with Crippen LogP contribution in [-0.4, -0.2) is 40.1 Å². The molecule has 0 bridgehead atoms. The summed E-state index contributed by atoms with van der Waals surface area (Å²) in [6.07, 6.45) is 4.60. The van der Waals surface area contributed by atoms with Crippen LogP contribution in [0.1, 0.15) is 67.9 Å². The van der Waals surface area contributed by atoms with Crippen molar-refractivity contribution < 1.29 is 14.3 Å². The Morgan fingerprint density at radius 2 is 1.62 bits per heavy atom. The SMILES string of the molecule is CC(C)(C)OC(=O)NC1CCC(NC(=O)c2cn(Cc3cccc4ccccc34)c3cc(C(=N)N)ccc23)CC1. The molecule has 0 unspecified atom stereocenters. The molecular weight excluding hydrogens is 502 g/mol. The lowest BCUT2D eigenvalue weighted by atomic mass is 9.91. The normalized spacial score (nSPS) is 17.5. The fourth-order valence-electron chi connectivity index (χ4n) is 5.50. The quantitative estimate of drug-likeness (QED) is 0.186. The monoisotopic (exact) mass is 539 g/mol. The van der Waals surface area contributed by atoms with E-state index < -0.39 is 11.7 Å². The van der Waals surface area contributed by atoms with Crippen molar-refractivity contribution in [3.8, 4) is 0 Å². The van der Waals surface area contributed by atoms with Gasteiger partial charge >= 0.3 is 6.09 Å². The average molecular weight is 540 g/mol. The molecule has 1 aliphatic carbocycles. The lowest BCUT2D eigenvalue weighted by Gasteiger charge is -2.30. The first kappa shape index (κ1) is 27.2. The van der Waals surface area contributed by atoms with E-state index in [1.807, 2.05) is 57.3 Å². The first-order valence-electron chi connectivity index (χ1n) is 13.8. The van der Waals surface area contributed by atoms with Gasteiger partial charge in [-0.2, -0.15) is 0 Å². The summed E-state index contributed by atoms with van der Waals surface area (Å²) in [5.74, 6) is -0.136. The first-order valence-corrected chi connectivity index (χ1v) is 13.8. The number of amides is 2. The minimum absolute atomic E-state index is 0.0115. The zero-order valence-corrected chi connectivity index (χ0v) is 23.3. The van der Waals surface area contributed by atoms with Gasteiger partial charge in [0.15, 0.2) is 0 Å². The van der Waals surface area contributed by atoms with Crippen LogP contribution in [0.3, 0.4) is 0 Å². The molecule has 0 atom stereocenters. The number of nitrogens with two attached hydrogens (primary N) is 1. The fourth-order valence-corrected chi connectivity index (χ4v) is 5.50. The van der Waals surface area contributed by atoms with E-state index in [1.54, 1.807) is 6.07 Å². The average Bonchev–Trinajstić information content (AvgIpc) is 3.26. The Labute approximate surface area is 234 Å². The van der Waals surface area contributed by atoms with Crippen LogP contribution >= 0.6 is 0 Å². The number of nitrogens with zero attached hydrogens (tertiary/aromatic N) is 1. The maximum atomic E-state index is 13.6. The molecule has 2 amide bonds. The van der Waals surface area contributed by atoms with Crippen molar-refractivity contribution in [2.24, 2.45) is 5.73 Å². The van der Waals surface area contributed by atoms with Gasteiger partial charge in [0, 0.05) is 41.3 Å². The van der Waals surface area contributed by atoms with E-state index in [9.17, 15) is 9.59 Å². The Hall–Kier alpha value is -4.33. The van der Waals surface area contributed by atoms with Crippen LogP contribution in [0.15, 0.2) is 66.9 Å². The number of nitrogen functional groups attached to an aromatic ring is 1. The highest BCUT2D eigenvalue weighted by Crippen LogP contribution is 2.27. The molecule has 5 rings (SSSR count). The molecule has 8 heteroatoms. The number of aromatic nitrogens is 1. The number of amidine groups is 1. The van der Waals surface area contributed by atoms with Crippen LogP contribution < -0.4 is 16.4 Å². The Morgan fingerprint density at radius 3 is 2.33 bits per heavy atom. The van der Waals surface area contributed by atoms with Crippen molar-refractivity contribution >= 4 is 39.5 Å². The van der Waals surface area contributed by atoms with Crippen LogP contribution in [0, 0.1) is 5.41 Å². The Balaban J connectivity index is 1.34. The molecule has 1 saturated carbocycles. The van der Waals surface area contributed by atoms with Crippen LogP contribution in [0.2, 0.25) is 0 Å². The van der Waals surface area contributed by atoms with Gasteiger partial charge in [-0.15, -0.1) is 0 Å². The minimum atomic E-state index is -0.534. The van der Waals surface area contributed by atoms with E-state index in [0.29, 0.717) is 17.7 Å². The summed E-state index contributed by atoms with van der Waals surface area (Å²) in [5.41, 5.74) is 8.49. The van der Waals surface area contributed by atoms with Gasteiger partial charge in [-0.05, 0) is 68.9 Å². The van der Waals surface area contributed by atoms with E-state index in [4.69, 9.17) is 15.9 Å². The topological polar surface area (TPSA) is 122 Å². The number of ether oxygens (including phenoxy) is 1. The fraction of sp³-hybridized carbons (Fsp3) is 0.344. The number of fused-ring (bicyclic) bond motifs is 2. The van der Waals surface area contributed by atoms with Gasteiger partial charge in [0.25, 0.3) is 5.91 Å². The molecule has 5 N–H and O–H groups in total.